The number of hydrogen-bond donors (Lipinski definition) is 2. The van der Waals surface area contributed by atoms with Gasteiger partial charge in [-0.05, 0) is 24.3 Å². The van der Waals surface area contributed by atoms with Gasteiger partial charge in [0, 0.05) is 31.1 Å². The topological polar surface area (TPSA) is 88.9 Å². The first-order valence-corrected chi connectivity index (χ1v) is 9.28. The highest BCUT2D eigenvalue weighted by Gasteiger charge is 2.30. The van der Waals surface area contributed by atoms with Gasteiger partial charge in [-0.3, -0.25) is 5.10 Å². The zero-order chi connectivity index (χ0) is 17.9. The molecule has 3 aromatic rings. The van der Waals surface area contributed by atoms with Gasteiger partial charge in [-0.25, -0.2) is 0 Å². The number of hydrogen-bond acceptors (Lipinski definition) is 6. The second-order valence-corrected chi connectivity index (χ2v) is 7.21. The van der Waals surface area contributed by atoms with E-state index < -0.39 is 0 Å². The number of aromatic amines is 1. The van der Waals surface area contributed by atoms with E-state index >= 15 is 0 Å². The summed E-state index contributed by atoms with van der Waals surface area (Å²) < 4.78 is 11.1. The summed E-state index contributed by atoms with van der Waals surface area (Å²) >= 11 is 0. The van der Waals surface area contributed by atoms with Crippen LogP contribution in [0.15, 0.2) is 28.9 Å². The van der Waals surface area contributed by atoms with E-state index in [1.807, 2.05) is 6.20 Å². The number of H-pyrrole nitrogens is 1. The summed E-state index contributed by atoms with van der Waals surface area (Å²) in [6, 6.07) is 6.26. The molecule has 1 saturated heterocycles. The molecule has 3 heterocycles. The largest absolute Gasteiger partial charge is 0.381 e. The highest BCUT2D eigenvalue weighted by Crippen LogP contribution is 2.30. The molecule has 1 atom stereocenters. The van der Waals surface area contributed by atoms with Gasteiger partial charge in [-0.1, -0.05) is 37.2 Å². The van der Waals surface area contributed by atoms with Crippen molar-refractivity contribution in [1.82, 2.24) is 25.7 Å². The van der Waals surface area contributed by atoms with Crippen molar-refractivity contribution >= 4 is 10.9 Å². The zero-order valence-corrected chi connectivity index (χ0v) is 15.2. The minimum Gasteiger partial charge on any atom is -0.381 e. The van der Waals surface area contributed by atoms with Crippen molar-refractivity contribution in [2.45, 2.75) is 45.2 Å². The van der Waals surface area contributed by atoms with Crippen molar-refractivity contribution in [2.75, 3.05) is 13.2 Å². The lowest BCUT2D eigenvalue weighted by Crippen LogP contribution is -2.32. The van der Waals surface area contributed by atoms with E-state index in [1.54, 1.807) is 0 Å². The molecular weight excluding hydrogens is 330 g/mol. The number of benzene rings is 1. The van der Waals surface area contributed by atoms with E-state index in [2.05, 4.69) is 57.7 Å². The van der Waals surface area contributed by atoms with Crippen LogP contribution in [-0.2, 0) is 11.3 Å². The van der Waals surface area contributed by atoms with Crippen molar-refractivity contribution in [3.05, 3.63) is 41.7 Å². The summed E-state index contributed by atoms with van der Waals surface area (Å²) in [5.74, 6) is 2.11. The molecule has 1 aromatic carbocycles. The van der Waals surface area contributed by atoms with Crippen molar-refractivity contribution in [3.8, 4) is 0 Å². The monoisotopic (exact) mass is 355 g/mol. The van der Waals surface area contributed by atoms with Gasteiger partial charge in [-0.2, -0.15) is 10.1 Å². The molecule has 1 unspecified atom stereocenters. The quantitative estimate of drug-likeness (QED) is 0.705. The van der Waals surface area contributed by atoms with Crippen LogP contribution in [0, 0.1) is 5.92 Å². The molecule has 0 saturated carbocycles. The second-order valence-electron chi connectivity index (χ2n) is 7.21. The molecule has 0 bridgehead atoms. The Kier molecular flexibility index (Phi) is 4.99. The van der Waals surface area contributed by atoms with Crippen molar-refractivity contribution in [1.29, 1.82) is 0 Å². The average Bonchev–Trinajstić information content (AvgIpc) is 3.33. The SMILES string of the molecule is CC(C)c1noc(C(NCc2cccc3cn[nH]c23)C2CCOCC2)n1. The molecule has 7 heteroatoms. The van der Waals surface area contributed by atoms with Crippen LogP contribution in [0.5, 0.6) is 0 Å². The number of para-hydroxylation sites is 1. The standard InChI is InChI=1S/C19H25N5O2/c1-12(2)18-22-19(26-24-18)17(13-6-8-25-9-7-13)20-10-14-4-3-5-15-11-21-23-16(14)15/h3-5,11-13,17,20H,6-10H2,1-2H3,(H,21,23). The molecular formula is C19H25N5O2. The maximum absolute atomic E-state index is 5.62. The van der Waals surface area contributed by atoms with E-state index in [1.165, 1.54) is 5.56 Å². The van der Waals surface area contributed by atoms with E-state index in [-0.39, 0.29) is 12.0 Å². The maximum Gasteiger partial charge on any atom is 0.244 e. The van der Waals surface area contributed by atoms with Crippen LogP contribution in [0.1, 0.15) is 55.9 Å². The molecule has 0 aliphatic carbocycles. The van der Waals surface area contributed by atoms with Crippen LogP contribution in [0.2, 0.25) is 0 Å². The fraction of sp³-hybridized carbons (Fsp3) is 0.526. The Hall–Kier alpha value is -2.25. The smallest absolute Gasteiger partial charge is 0.244 e. The molecule has 2 aromatic heterocycles. The number of fused-ring (bicyclic) bond motifs is 1. The number of nitrogens with zero attached hydrogens (tertiary/aromatic N) is 3. The van der Waals surface area contributed by atoms with E-state index in [0.717, 1.165) is 42.8 Å². The first-order chi connectivity index (χ1) is 12.7. The Labute approximate surface area is 152 Å². The van der Waals surface area contributed by atoms with Crippen molar-refractivity contribution in [3.63, 3.8) is 0 Å². The van der Waals surface area contributed by atoms with Crippen LogP contribution in [-0.4, -0.2) is 33.6 Å². The van der Waals surface area contributed by atoms with Gasteiger partial charge in [0.2, 0.25) is 5.89 Å². The van der Waals surface area contributed by atoms with Gasteiger partial charge >= 0.3 is 0 Å². The third-order valence-electron chi connectivity index (χ3n) is 5.05. The van der Waals surface area contributed by atoms with Crippen LogP contribution >= 0.6 is 0 Å². The summed E-state index contributed by atoms with van der Waals surface area (Å²) in [5.41, 5.74) is 2.25. The Balaban J connectivity index is 1.57. The summed E-state index contributed by atoms with van der Waals surface area (Å²) in [4.78, 5) is 4.65. The van der Waals surface area contributed by atoms with Gasteiger partial charge in [0.15, 0.2) is 5.82 Å². The number of rotatable bonds is 6. The van der Waals surface area contributed by atoms with Gasteiger partial charge in [0.05, 0.1) is 17.8 Å². The third kappa shape index (κ3) is 3.50. The van der Waals surface area contributed by atoms with Crippen molar-refractivity contribution in [2.24, 2.45) is 5.92 Å². The highest BCUT2D eigenvalue weighted by molar-refractivity contribution is 5.81. The molecule has 1 aliphatic heterocycles. The number of nitrogens with one attached hydrogen (secondary N) is 2. The lowest BCUT2D eigenvalue weighted by Gasteiger charge is -2.28. The molecule has 2 N–H and O–H groups in total. The zero-order valence-electron chi connectivity index (χ0n) is 15.2. The molecule has 0 spiro atoms. The summed E-state index contributed by atoms with van der Waals surface area (Å²) in [6.45, 7) is 6.42. The molecule has 138 valence electrons. The van der Waals surface area contributed by atoms with Gasteiger partial charge in [0.1, 0.15) is 0 Å². The van der Waals surface area contributed by atoms with Gasteiger partial charge < -0.3 is 14.6 Å². The summed E-state index contributed by atoms with van der Waals surface area (Å²) in [5, 5.41) is 16.2. The molecule has 0 radical (unpaired) electrons. The van der Waals surface area contributed by atoms with Gasteiger partial charge in [-0.15, -0.1) is 0 Å². The minimum absolute atomic E-state index is 0.0251. The Bertz CT molecular complexity index is 850. The molecule has 1 aliphatic rings. The van der Waals surface area contributed by atoms with Crippen LogP contribution in [0.3, 0.4) is 0 Å². The first-order valence-electron chi connectivity index (χ1n) is 9.28. The van der Waals surface area contributed by atoms with Crippen molar-refractivity contribution < 1.29 is 9.26 Å². The van der Waals surface area contributed by atoms with E-state index in [4.69, 9.17) is 9.26 Å². The Morgan fingerprint density at radius 2 is 2.12 bits per heavy atom. The molecule has 1 fully saturated rings. The summed E-state index contributed by atoms with van der Waals surface area (Å²) in [7, 11) is 0. The number of aromatic nitrogens is 4. The van der Waals surface area contributed by atoms with E-state index in [0.29, 0.717) is 18.4 Å². The second kappa shape index (κ2) is 7.55. The summed E-state index contributed by atoms with van der Waals surface area (Å²) in [6.07, 6.45) is 3.83. The van der Waals surface area contributed by atoms with Gasteiger partial charge in [0.25, 0.3) is 0 Å². The maximum atomic E-state index is 5.62. The fourth-order valence-corrected chi connectivity index (χ4v) is 3.51. The fourth-order valence-electron chi connectivity index (χ4n) is 3.51. The molecule has 4 rings (SSSR count). The van der Waals surface area contributed by atoms with Crippen LogP contribution < -0.4 is 5.32 Å². The predicted molar refractivity (Wildman–Crippen MR) is 97.6 cm³/mol. The van der Waals surface area contributed by atoms with Crippen LogP contribution in [0.25, 0.3) is 10.9 Å². The molecule has 26 heavy (non-hydrogen) atoms. The predicted octanol–water partition coefficient (Wildman–Crippen LogP) is 3.33. The Morgan fingerprint density at radius 1 is 1.27 bits per heavy atom. The Morgan fingerprint density at radius 3 is 2.88 bits per heavy atom. The van der Waals surface area contributed by atoms with E-state index in [9.17, 15) is 0 Å². The van der Waals surface area contributed by atoms with Crippen LogP contribution in [0.4, 0.5) is 0 Å². The minimum atomic E-state index is 0.0251. The number of ether oxygens (including phenoxy) is 1. The average molecular weight is 355 g/mol. The lowest BCUT2D eigenvalue weighted by molar-refractivity contribution is 0.0485. The first kappa shape index (κ1) is 17.2. The lowest BCUT2D eigenvalue weighted by atomic mass is 9.91. The normalized spacial score (nSPS) is 17.2. The highest BCUT2D eigenvalue weighted by atomic mass is 16.5. The third-order valence-corrected chi connectivity index (χ3v) is 5.05. The molecule has 7 nitrogen and oxygen atoms in total. The molecule has 0 amide bonds.